The number of nitrogens with two attached hydrogens (primary N) is 2. The van der Waals surface area contributed by atoms with Crippen LogP contribution in [-0.2, 0) is 25.6 Å². The average Bonchev–Trinajstić information content (AvgIpc) is 3.95. The van der Waals surface area contributed by atoms with Gasteiger partial charge in [0.2, 0.25) is 12.0 Å². The summed E-state index contributed by atoms with van der Waals surface area (Å²) in [6.45, 7) is 1.39. The minimum absolute atomic E-state index is 0.155. The molecule has 1 fully saturated rings. The summed E-state index contributed by atoms with van der Waals surface area (Å²) in [5.74, 6) is 5.45. The van der Waals surface area contributed by atoms with Crippen molar-refractivity contribution in [1.29, 1.82) is 0 Å². The molecule has 11 atom stereocenters. The van der Waals surface area contributed by atoms with Gasteiger partial charge in [-0.2, -0.15) is 0 Å². The molecule has 0 saturated carbocycles. The summed E-state index contributed by atoms with van der Waals surface area (Å²) < 4.78 is 43.8. The number of nitrogens with zero attached hydrogens (tertiary/aromatic N) is 1. The number of carbonyl (C=O) groups is 2. The molecule has 61 heavy (non-hydrogen) atoms. The first-order chi connectivity index (χ1) is 29.5. The van der Waals surface area contributed by atoms with E-state index < -0.39 is 79.5 Å². The van der Waals surface area contributed by atoms with Crippen LogP contribution in [-0.4, -0.2) is 108 Å². The first-order valence-electron chi connectivity index (χ1n) is 19.9. The summed E-state index contributed by atoms with van der Waals surface area (Å²) in [4.78, 5) is 29.1. The van der Waals surface area contributed by atoms with Crippen molar-refractivity contribution in [1.82, 2.24) is 0 Å². The molecule has 0 radical (unpaired) electrons. The van der Waals surface area contributed by atoms with Crippen molar-refractivity contribution in [3.8, 4) is 40.6 Å². The highest BCUT2D eigenvalue weighted by molar-refractivity contribution is 5.90. The SMILES string of the molecule is COc1ccc2c3c1OCCC#C[C@H](c1ccccc1)[C@H]1Oc4cc(O[C@@H]5O[C@H]([C@H](OC(=O)CC(=O)O)C(N)N)[C@@H](O)[C@H](O)[C@H]5O)cc(C[NH+]5C=C6N=CC=C6C5)c4[C@H](O3)[C@H]21. The van der Waals surface area contributed by atoms with Crippen LogP contribution in [0, 0.1) is 11.8 Å². The number of allylic oxidation sites excluding steroid dienone is 1. The molecule has 3 aromatic rings. The van der Waals surface area contributed by atoms with Gasteiger partial charge in [-0.25, -0.2) is 0 Å². The van der Waals surface area contributed by atoms with Crippen molar-refractivity contribution in [3.63, 3.8) is 0 Å². The molecule has 0 amide bonds. The third-order valence-electron chi connectivity index (χ3n) is 11.7. The summed E-state index contributed by atoms with van der Waals surface area (Å²) in [6, 6.07) is 17.2. The Morgan fingerprint density at radius 3 is 2.61 bits per heavy atom. The van der Waals surface area contributed by atoms with E-state index in [4.69, 9.17) is 49.7 Å². The van der Waals surface area contributed by atoms with Crippen molar-refractivity contribution >= 4 is 18.2 Å². The summed E-state index contributed by atoms with van der Waals surface area (Å²) in [5.41, 5.74) is 17.1. The number of benzene rings is 3. The van der Waals surface area contributed by atoms with E-state index in [2.05, 4.69) is 16.8 Å². The van der Waals surface area contributed by atoms with Crippen LogP contribution in [0.15, 0.2) is 83.1 Å². The number of quaternary nitrogens is 1. The van der Waals surface area contributed by atoms with E-state index >= 15 is 0 Å². The Labute approximate surface area is 349 Å². The molecule has 318 valence electrons. The van der Waals surface area contributed by atoms with Gasteiger partial charge in [0, 0.05) is 41.0 Å². The summed E-state index contributed by atoms with van der Waals surface area (Å²) >= 11 is 0. The number of carboxylic acids is 1. The molecule has 0 spiro atoms. The Balaban J connectivity index is 1.14. The van der Waals surface area contributed by atoms with Crippen molar-refractivity contribution in [3.05, 3.63) is 100 Å². The normalized spacial score (nSPS) is 29.5. The molecule has 3 aromatic carbocycles. The van der Waals surface area contributed by atoms with Crippen molar-refractivity contribution in [2.75, 3.05) is 20.3 Å². The fourth-order valence-electron chi connectivity index (χ4n) is 8.94. The number of rotatable bonds is 11. The lowest BCUT2D eigenvalue weighted by Gasteiger charge is -2.43. The largest absolute Gasteiger partial charge is 0.493 e. The van der Waals surface area contributed by atoms with Crippen LogP contribution >= 0.6 is 0 Å². The van der Waals surface area contributed by atoms with Gasteiger partial charge in [0.1, 0.15) is 79.5 Å². The molecule has 6 heterocycles. The van der Waals surface area contributed by atoms with E-state index in [1.807, 2.05) is 54.7 Å². The van der Waals surface area contributed by atoms with Crippen LogP contribution in [0.1, 0.15) is 53.0 Å². The number of aliphatic hydroxyl groups excluding tert-OH is 3. The van der Waals surface area contributed by atoms with E-state index in [1.54, 1.807) is 25.5 Å². The van der Waals surface area contributed by atoms with E-state index in [9.17, 15) is 24.9 Å². The van der Waals surface area contributed by atoms with Gasteiger partial charge in [-0.05, 0) is 23.8 Å². The zero-order valence-corrected chi connectivity index (χ0v) is 32.9. The molecule has 17 nitrogen and oxygen atoms in total. The van der Waals surface area contributed by atoms with E-state index in [1.165, 1.54) is 0 Å². The van der Waals surface area contributed by atoms with E-state index in [-0.39, 0.29) is 11.7 Å². The quantitative estimate of drug-likeness (QED) is 0.0595. The molecule has 1 saturated heterocycles. The number of esters is 1. The lowest BCUT2D eigenvalue weighted by atomic mass is 9.76. The maximum absolute atomic E-state index is 12.4. The Kier molecular flexibility index (Phi) is 10.9. The summed E-state index contributed by atoms with van der Waals surface area (Å²) in [5, 5.41) is 42.4. The second-order valence-corrected chi connectivity index (χ2v) is 15.6. The third-order valence-corrected chi connectivity index (χ3v) is 11.7. The van der Waals surface area contributed by atoms with E-state index in [0.717, 1.165) is 38.4 Å². The second-order valence-electron chi connectivity index (χ2n) is 15.6. The average molecular weight is 838 g/mol. The van der Waals surface area contributed by atoms with Crippen LogP contribution in [0.2, 0.25) is 0 Å². The molecule has 0 aliphatic carbocycles. The fourth-order valence-corrected chi connectivity index (χ4v) is 8.94. The molecule has 6 aliphatic rings. The van der Waals surface area contributed by atoms with Crippen molar-refractivity contribution < 1.29 is 68.1 Å². The van der Waals surface area contributed by atoms with E-state index in [0.29, 0.717) is 49.1 Å². The molecule has 9 rings (SSSR count). The Morgan fingerprint density at radius 1 is 1.03 bits per heavy atom. The number of fused-ring (bicyclic) bond motifs is 3. The monoisotopic (exact) mass is 837 g/mol. The number of aliphatic hydroxyl groups is 3. The highest BCUT2D eigenvalue weighted by atomic mass is 16.7. The molecule has 0 aromatic heterocycles. The predicted octanol–water partition coefficient (Wildman–Crippen LogP) is 0.310. The Bertz CT molecular complexity index is 2370. The summed E-state index contributed by atoms with van der Waals surface area (Å²) in [7, 11) is 1.58. The molecule has 6 aliphatic heterocycles. The van der Waals surface area contributed by atoms with Gasteiger partial charge >= 0.3 is 11.9 Å². The highest BCUT2D eigenvalue weighted by Gasteiger charge is 2.53. The number of hydrogen-bond donors (Lipinski definition) is 7. The van der Waals surface area contributed by atoms with Crippen LogP contribution in [0.25, 0.3) is 0 Å². The van der Waals surface area contributed by atoms with Gasteiger partial charge in [0.15, 0.2) is 17.6 Å². The number of carboxylic acid groups (broad SMARTS) is 1. The summed E-state index contributed by atoms with van der Waals surface area (Å²) in [6.07, 6.45) is -8.02. The highest BCUT2D eigenvalue weighted by Crippen LogP contribution is 2.60. The predicted molar refractivity (Wildman–Crippen MR) is 213 cm³/mol. The Morgan fingerprint density at radius 2 is 1.85 bits per heavy atom. The standard InChI is InChI=1S/C44H44N4O13/c1-55-28-11-10-26-33-37-25(21-7-3-2-4-8-21)9-5-6-14-56-39(28)38(26)60-40(33)32-23(19-48-18-22-12-13-47-27(22)20-48)15-24(16-29(32)58-37)57-44-36(54)34(52)35(53)41(61-44)42(43(45)46)59-31(51)17-30(49)50/h2-4,7-8,10-13,15-16,20,25,33-37,40-44,52-54H,6,14,17-19,45-46H2,1H3,(H,49,50)/p+1/t25-,33-,34+,35+,36-,37-,40+,41+,42+,44-/m1/s1. The first-order valence-corrected chi connectivity index (χ1v) is 19.9. The lowest BCUT2D eigenvalue weighted by Crippen LogP contribution is -3.04. The second kappa shape index (κ2) is 16.5. The van der Waals surface area contributed by atoms with Crippen LogP contribution < -0.4 is 40.1 Å². The maximum atomic E-state index is 12.4. The zero-order chi connectivity index (χ0) is 42.5. The van der Waals surface area contributed by atoms with Crippen LogP contribution in [0.3, 0.4) is 0 Å². The number of nitrogens with one attached hydrogen (secondary N) is 1. The number of ether oxygens (including phenoxy) is 7. The Hall–Kier alpha value is -5.97. The zero-order valence-electron chi connectivity index (χ0n) is 32.9. The number of hydrogen-bond acceptors (Lipinski definition) is 15. The van der Waals surface area contributed by atoms with Gasteiger partial charge < -0.3 is 65.1 Å². The first kappa shape index (κ1) is 40.4. The van der Waals surface area contributed by atoms with Gasteiger partial charge in [-0.3, -0.25) is 19.5 Å². The number of aliphatic carboxylic acids is 1. The number of methoxy groups -OCH3 is 1. The molecular formula is C44H45N4O13+. The molecule has 1 unspecified atom stereocenters. The minimum atomic E-state index is -1.89. The van der Waals surface area contributed by atoms with Crippen LogP contribution in [0.4, 0.5) is 0 Å². The lowest BCUT2D eigenvalue weighted by molar-refractivity contribution is -0.851. The number of carbonyl (C=O) groups excluding carboxylic acids is 1. The molecule has 9 N–H and O–H groups in total. The molecule has 4 bridgehead atoms. The van der Waals surface area contributed by atoms with Crippen LogP contribution in [0.5, 0.6) is 28.7 Å². The van der Waals surface area contributed by atoms with Gasteiger partial charge in [0.05, 0.1) is 31.7 Å². The fraction of sp³-hybridized carbons (Fsp3) is 0.386. The van der Waals surface area contributed by atoms with Crippen molar-refractivity contribution in [2.24, 2.45) is 16.5 Å². The van der Waals surface area contributed by atoms with Crippen molar-refractivity contribution in [2.45, 2.75) is 86.4 Å². The van der Waals surface area contributed by atoms with Gasteiger partial charge in [-0.15, -0.1) is 0 Å². The maximum Gasteiger partial charge on any atom is 0.317 e. The number of aliphatic imine (C=N–C) groups is 1. The third kappa shape index (κ3) is 7.57. The topological polar surface area (TPSA) is 249 Å². The van der Waals surface area contributed by atoms with Gasteiger partial charge in [-0.1, -0.05) is 48.2 Å². The van der Waals surface area contributed by atoms with Gasteiger partial charge in [0.25, 0.3) is 0 Å². The minimum Gasteiger partial charge on any atom is -0.493 e. The molecular weight excluding hydrogens is 792 g/mol. The molecule has 17 heteroatoms. The smallest absolute Gasteiger partial charge is 0.317 e.